The number of hydrogen-bond donors (Lipinski definition) is 3. The number of ether oxygens (including phenoxy) is 1. The fraction of sp³-hybridized carbons (Fsp3) is 0.0800. The van der Waals surface area contributed by atoms with Gasteiger partial charge in [-0.1, -0.05) is 23.2 Å². The third-order valence-electron chi connectivity index (χ3n) is 5.32. The van der Waals surface area contributed by atoms with Gasteiger partial charge in [-0.2, -0.15) is 18.3 Å². The highest BCUT2D eigenvalue weighted by molar-refractivity contribution is 6.42. The van der Waals surface area contributed by atoms with Crippen LogP contribution in [0.2, 0.25) is 10.0 Å². The number of anilines is 4. The van der Waals surface area contributed by atoms with E-state index in [4.69, 9.17) is 28.9 Å². The number of halogens is 10. The monoisotopic (exact) mass is 623 g/mol. The van der Waals surface area contributed by atoms with Crippen molar-refractivity contribution in [3.05, 3.63) is 94.1 Å². The Balaban J connectivity index is 1.83. The molecule has 0 bridgehead atoms. The Labute approximate surface area is 236 Å². The first kappa shape index (κ1) is 29.8. The smallest absolute Gasteiger partial charge is 0.403 e. The van der Waals surface area contributed by atoms with E-state index in [0.717, 1.165) is 35.4 Å². The van der Waals surface area contributed by atoms with E-state index in [1.54, 1.807) is 0 Å². The number of nitrogen functional groups attached to an aromatic ring is 1. The maximum absolute atomic E-state index is 13.9. The molecule has 216 valence electrons. The van der Waals surface area contributed by atoms with Crippen LogP contribution >= 0.6 is 23.2 Å². The zero-order valence-electron chi connectivity index (χ0n) is 20.0. The standard InChI is InChI=1S/C25H15Cl2F8N5O/c26-16-5-2-13(9-17(16)27)38-40(39-14-3-6-18(28)19(29)10-14)21-8-4-15(23(22(21)36)41-25(33,34)35)20-7-1-12(11-37-20)24(30,31)32/h1-11,38-39H,36H2. The Bertz CT molecular complexity index is 1510. The second-order valence-electron chi connectivity index (χ2n) is 8.17. The van der Waals surface area contributed by atoms with Crippen LogP contribution in [0, 0.1) is 11.6 Å². The molecule has 0 fully saturated rings. The first-order valence-corrected chi connectivity index (χ1v) is 11.8. The third-order valence-corrected chi connectivity index (χ3v) is 6.06. The summed E-state index contributed by atoms with van der Waals surface area (Å²) < 4.78 is 111. The van der Waals surface area contributed by atoms with Gasteiger partial charge in [-0.15, -0.1) is 13.2 Å². The topological polar surface area (TPSA) is 75.4 Å². The molecule has 4 aromatic rings. The molecule has 0 aliphatic carbocycles. The third kappa shape index (κ3) is 7.13. The van der Waals surface area contributed by atoms with Crippen molar-refractivity contribution in [1.29, 1.82) is 0 Å². The predicted octanol–water partition coefficient (Wildman–Crippen LogP) is 8.69. The lowest BCUT2D eigenvalue weighted by Crippen LogP contribution is -2.36. The largest absolute Gasteiger partial charge is 0.573 e. The molecule has 0 atom stereocenters. The molecule has 41 heavy (non-hydrogen) atoms. The van der Waals surface area contributed by atoms with Crippen molar-refractivity contribution in [2.75, 3.05) is 21.7 Å². The van der Waals surface area contributed by atoms with Gasteiger partial charge in [0.2, 0.25) is 0 Å². The van der Waals surface area contributed by atoms with E-state index < -0.39 is 41.2 Å². The van der Waals surface area contributed by atoms with Crippen molar-refractivity contribution >= 4 is 46.0 Å². The van der Waals surface area contributed by atoms with Gasteiger partial charge in [-0.3, -0.25) is 15.8 Å². The highest BCUT2D eigenvalue weighted by Crippen LogP contribution is 2.43. The second kappa shape index (κ2) is 11.4. The first-order chi connectivity index (χ1) is 19.1. The van der Waals surface area contributed by atoms with Crippen LogP contribution in [0.25, 0.3) is 11.3 Å². The summed E-state index contributed by atoms with van der Waals surface area (Å²) in [6.07, 6.45) is -9.57. The van der Waals surface area contributed by atoms with Gasteiger partial charge >= 0.3 is 12.5 Å². The van der Waals surface area contributed by atoms with Gasteiger partial charge in [0, 0.05) is 17.8 Å². The maximum Gasteiger partial charge on any atom is 0.573 e. The van der Waals surface area contributed by atoms with Crippen LogP contribution in [0.3, 0.4) is 0 Å². The average Bonchev–Trinajstić information content (AvgIpc) is 2.88. The van der Waals surface area contributed by atoms with Gasteiger partial charge < -0.3 is 10.5 Å². The molecule has 1 aromatic heterocycles. The SMILES string of the molecule is Nc1c(N(Nc2ccc(F)c(F)c2)Nc2ccc(Cl)c(Cl)c2)ccc(-c2ccc(C(F)(F)F)cn2)c1OC(F)(F)F. The number of benzene rings is 3. The molecule has 0 unspecified atom stereocenters. The van der Waals surface area contributed by atoms with Crippen LogP contribution in [0.1, 0.15) is 5.56 Å². The predicted molar refractivity (Wildman–Crippen MR) is 138 cm³/mol. The van der Waals surface area contributed by atoms with Crippen molar-refractivity contribution in [3.8, 4) is 17.0 Å². The van der Waals surface area contributed by atoms with Crippen LogP contribution in [0.15, 0.2) is 66.9 Å². The lowest BCUT2D eigenvalue weighted by Gasteiger charge is -2.30. The number of nitrogens with zero attached hydrogens (tertiary/aromatic N) is 2. The quantitative estimate of drug-likeness (QED) is 0.109. The summed E-state index contributed by atoms with van der Waals surface area (Å²) >= 11 is 12.0. The summed E-state index contributed by atoms with van der Waals surface area (Å²) in [5.74, 6) is -3.38. The molecular formula is C25H15Cl2F8N5O. The number of rotatable bonds is 7. The molecule has 0 saturated carbocycles. The first-order valence-electron chi connectivity index (χ1n) is 11.1. The Morgan fingerprint density at radius 3 is 2.00 bits per heavy atom. The van der Waals surface area contributed by atoms with Gasteiger partial charge in [0.15, 0.2) is 17.4 Å². The molecule has 4 rings (SSSR count). The van der Waals surface area contributed by atoms with E-state index in [2.05, 4.69) is 20.6 Å². The zero-order chi connectivity index (χ0) is 30.1. The van der Waals surface area contributed by atoms with E-state index in [1.165, 1.54) is 24.3 Å². The Morgan fingerprint density at radius 1 is 0.780 bits per heavy atom. The molecule has 0 aliphatic rings. The second-order valence-corrected chi connectivity index (χ2v) is 8.98. The summed E-state index contributed by atoms with van der Waals surface area (Å²) in [6.45, 7) is 0. The number of nitrogens with two attached hydrogens (primary N) is 1. The Morgan fingerprint density at radius 2 is 1.44 bits per heavy atom. The van der Waals surface area contributed by atoms with E-state index in [1.807, 2.05) is 0 Å². The number of hydrazine groups is 2. The number of pyridine rings is 1. The van der Waals surface area contributed by atoms with E-state index >= 15 is 0 Å². The molecule has 1 heterocycles. The van der Waals surface area contributed by atoms with E-state index in [0.29, 0.717) is 12.3 Å². The van der Waals surface area contributed by atoms with E-state index in [-0.39, 0.29) is 38.4 Å². The lowest BCUT2D eigenvalue weighted by atomic mass is 10.1. The molecule has 0 radical (unpaired) electrons. The zero-order valence-corrected chi connectivity index (χ0v) is 21.5. The summed E-state index contributed by atoms with van der Waals surface area (Å²) in [4.78, 5) is 3.62. The van der Waals surface area contributed by atoms with Crippen molar-refractivity contribution < 1.29 is 39.9 Å². The highest BCUT2D eigenvalue weighted by Gasteiger charge is 2.35. The summed E-state index contributed by atoms with van der Waals surface area (Å²) in [6, 6.07) is 10.6. The number of nitrogens with one attached hydrogen (secondary N) is 2. The molecule has 3 aromatic carbocycles. The van der Waals surface area contributed by atoms with Gasteiger partial charge in [0.05, 0.1) is 32.7 Å². The number of hydrogen-bond acceptors (Lipinski definition) is 6. The van der Waals surface area contributed by atoms with Gasteiger partial charge in [0.1, 0.15) is 11.4 Å². The molecule has 0 amide bonds. The van der Waals surface area contributed by atoms with Crippen molar-refractivity contribution in [1.82, 2.24) is 4.98 Å². The van der Waals surface area contributed by atoms with Crippen molar-refractivity contribution in [3.63, 3.8) is 0 Å². The summed E-state index contributed by atoms with van der Waals surface area (Å²) in [5.41, 5.74) is 8.94. The van der Waals surface area contributed by atoms with Gasteiger partial charge in [0.25, 0.3) is 0 Å². The molecule has 6 nitrogen and oxygen atoms in total. The number of aromatic nitrogens is 1. The Hall–Kier alpha value is -4.17. The minimum absolute atomic E-state index is 0.0670. The van der Waals surface area contributed by atoms with Crippen molar-refractivity contribution in [2.45, 2.75) is 12.5 Å². The summed E-state index contributed by atoms with van der Waals surface area (Å²) in [7, 11) is 0. The minimum atomic E-state index is -5.27. The minimum Gasteiger partial charge on any atom is -0.403 e. The highest BCUT2D eigenvalue weighted by atomic mass is 35.5. The molecular weight excluding hydrogens is 609 g/mol. The van der Waals surface area contributed by atoms with Gasteiger partial charge in [-0.05, 0) is 54.6 Å². The molecule has 0 spiro atoms. The van der Waals surface area contributed by atoms with Crippen LogP contribution < -0.4 is 26.4 Å². The van der Waals surface area contributed by atoms with E-state index in [9.17, 15) is 35.1 Å². The fourth-order valence-corrected chi connectivity index (χ4v) is 3.77. The molecule has 4 N–H and O–H groups in total. The fourth-order valence-electron chi connectivity index (χ4n) is 3.47. The summed E-state index contributed by atoms with van der Waals surface area (Å²) in [5, 5.41) is 1.24. The normalized spacial score (nSPS) is 11.8. The maximum atomic E-state index is 13.9. The van der Waals surface area contributed by atoms with Crippen LogP contribution in [-0.2, 0) is 6.18 Å². The molecule has 0 saturated heterocycles. The Kier molecular flexibility index (Phi) is 8.27. The van der Waals surface area contributed by atoms with Crippen LogP contribution in [0.5, 0.6) is 5.75 Å². The lowest BCUT2D eigenvalue weighted by molar-refractivity contribution is -0.274. The number of alkyl halides is 6. The van der Waals surface area contributed by atoms with Crippen LogP contribution in [0.4, 0.5) is 57.9 Å². The van der Waals surface area contributed by atoms with Crippen LogP contribution in [-0.4, -0.2) is 11.3 Å². The molecule has 16 heteroatoms. The van der Waals surface area contributed by atoms with Crippen molar-refractivity contribution in [2.24, 2.45) is 0 Å². The molecule has 0 aliphatic heterocycles. The van der Waals surface area contributed by atoms with Gasteiger partial charge in [-0.25, -0.2) is 8.78 Å². The average molecular weight is 624 g/mol.